The van der Waals surface area contributed by atoms with Crippen molar-refractivity contribution >= 4 is 5.97 Å². The van der Waals surface area contributed by atoms with Crippen molar-refractivity contribution in [2.75, 3.05) is 13.7 Å². The van der Waals surface area contributed by atoms with Gasteiger partial charge in [-0.25, -0.2) is 0 Å². The molecule has 1 fully saturated rings. The molecule has 4 nitrogen and oxygen atoms in total. The van der Waals surface area contributed by atoms with Gasteiger partial charge in [-0.1, -0.05) is 6.07 Å². The third-order valence-corrected chi connectivity index (χ3v) is 3.02. The molecule has 0 aliphatic heterocycles. The number of carboxylic acids is 1. The minimum absolute atomic E-state index is 0.123. The predicted molar refractivity (Wildman–Crippen MR) is 62.6 cm³/mol. The largest absolute Gasteiger partial charge is 0.493 e. The van der Waals surface area contributed by atoms with E-state index in [4.69, 9.17) is 14.6 Å². The molecule has 2 rings (SSSR count). The number of hydrogen-bond donors (Lipinski definition) is 1. The number of ether oxygens (including phenoxy) is 2. The van der Waals surface area contributed by atoms with E-state index in [1.165, 1.54) is 0 Å². The molecule has 0 saturated heterocycles. The highest BCUT2D eigenvalue weighted by atomic mass is 16.5. The Kier molecular flexibility index (Phi) is 3.22. The van der Waals surface area contributed by atoms with Crippen LogP contribution in [-0.4, -0.2) is 24.8 Å². The Balaban J connectivity index is 2.20. The van der Waals surface area contributed by atoms with Gasteiger partial charge in [0.2, 0.25) is 0 Å². The fourth-order valence-corrected chi connectivity index (χ4v) is 2.03. The average Bonchev–Trinajstić information content (AvgIpc) is 3.09. The minimum Gasteiger partial charge on any atom is -0.493 e. The second kappa shape index (κ2) is 4.65. The first-order chi connectivity index (χ1) is 8.17. The molecule has 92 valence electrons. The molecule has 0 heterocycles. The molecule has 4 heteroatoms. The van der Waals surface area contributed by atoms with Gasteiger partial charge in [0.15, 0.2) is 11.5 Å². The molecule has 2 atom stereocenters. The molecule has 1 N–H and O–H groups in total. The molecule has 2 unspecified atom stereocenters. The van der Waals surface area contributed by atoms with Gasteiger partial charge in [-0.15, -0.1) is 0 Å². The van der Waals surface area contributed by atoms with E-state index in [0.29, 0.717) is 24.5 Å². The van der Waals surface area contributed by atoms with E-state index < -0.39 is 5.97 Å². The summed E-state index contributed by atoms with van der Waals surface area (Å²) in [7, 11) is 1.59. The van der Waals surface area contributed by atoms with E-state index in [2.05, 4.69) is 0 Å². The number of benzene rings is 1. The lowest BCUT2D eigenvalue weighted by atomic mass is 10.1. The van der Waals surface area contributed by atoms with Crippen molar-refractivity contribution in [2.45, 2.75) is 19.3 Å². The Morgan fingerprint density at radius 1 is 1.47 bits per heavy atom. The van der Waals surface area contributed by atoms with Crippen LogP contribution in [0, 0.1) is 5.92 Å². The molecule has 0 amide bonds. The Labute approximate surface area is 100 Å². The molecule has 0 radical (unpaired) electrons. The van der Waals surface area contributed by atoms with Crippen molar-refractivity contribution in [3.63, 3.8) is 0 Å². The first-order valence-electron chi connectivity index (χ1n) is 5.71. The van der Waals surface area contributed by atoms with Crippen molar-refractivity contribution in [1.29, 1.82) is 0 Å². The summed E-state index contributed by atoms with van der Waals surface area (Å²) in [4.78, 5) is 10.8. The number of methoxy groups -OCH3 is 1. The van der Waals surface area contributed by atoms with Gasteiger partial charge >= 0.3 is 5.97 Å². The van der Waals surface area contributed by atoms with Crippen LogP contribution in [0.15, 0.2) is 18.2 Å². The van der Waals surface area contributed by atoms with Crippen LogP contribution >= 0.6 is 0 Å². The van der Waals surface area contributed by atoms with Gasteiger partial charge < -0.3 is 14.6 Å². The molecule has 0 aromatic heterocycles. The van der Waals surface area contributed by atoms with Crippen LogP contribution in [0.4, 0.5) is 0 Å². The summed E-state index contributed by atoms with van der Waals surface area (Å²) in [6, 6.07) is 5.63. The highest BCUT2D eigenvalue weighted by Gasteiger charge is 2.44. The molecule has 0 bridgehead atoms. The summed E-state index contributed by atoms with van der Waals surface area (Å²) >= 11 is 0. The maximum Gasteiger partial charge on any atom is 0.307 e. The number of carbonyl (C=O) groups is 1. The second-order valence-corrected chi connectivity index (χ2v) is 4.13. The van der Waals surface area contributed by atoms with Crippen LogP contribution in [0.3, 0.4) is 0 Å². The zero-order chi connectivity index (χ0) is 12.4. The van der Waals surface area contributed by atoms with E-state index in [1.807, 2.05) is 25.1 Å². The first-order valence-corrected chi connectivity index (χ1v) is 5.71. The van der Waals surface area contributed by atoms with E-state index >= 15 is 0 Å². The van der Waals surface area contributed by atoms with Gasteiger partial charge in [0.25, 0.3) is 0 Å². The van der Waals surface area contributed by atoms with Crippen molar-refractivity contribution < 1.29 is 19.4 Å². The summed E-state index contributed by atoms with van der Waals surface area (Å²) < 4.78 is 10.7. The quantitative estimate of drug-likeness (QED) is 0.852. The molecule has 17 heavy (non-hydrogen) atoms. The monoisotopic (exact) mass is 236 g/mol. The molecule has 0 spiro atoms. The lowest BCUT2D eigenvalue weighted by molar-refractivity contribution is -0.138. The SMILES string of the molecule is CCOc1cc(C2CC2C(=O)O)ccc1OC. The van der Waals surface area contributed by atoms with Crippen LogP contribution in [0.1, 0.15) is 24.8 Å². The Morgan fingerprint density at radius 2 is 2.24 bits per heavy atom. The maximum absolute atomic E-state index is 10.8. The van der Waals surface area contributed by atoms with Crippen molar-refractivity contribution in [3.8, 4) is 11.5 Å². The number of aliphatic carboxylic acids is 1. The molecular formula is C13H16O4. The molecular weight excluding hydrogens is 220 g/mol. The highest BCUT2D eigenvalue weighted by Crippen LogP contribution is 2.49. The lowest BCUT2D eigenvalue weighted by Gasteiger charge is -2.10. The highest BCUT2D eigenvalue weighted by molar-refractivity contribution is 5.75. The van der Waals surface area contributed by atoms with E-state index in [0.717, 1.165) is 5.56 Å². The fraction of sp³-hybridized carbons (Fsp3) is 0.462. The standard InChI is InChI=1S/C13H16O4/c1-3-17-12-6-8(4-5-11(12)16-2)9-7-10(9)13(14)15/h4-6,9-10H,3,7H2,1-2H3,(H,14,15). The van der Waals surface area contributed by atoms with Crippen molar-refractivity contribution in [1.82, 2.24) is 0 Å². The summed E-state index contributed by atoms with van der Waals surface area (Å²) in [5.41, 5.74) is 1.02. The summed E-state index contributed by atoms with van der Waals surface area (Å²) in [5, 5.41) is 8.90. The number of hydrogen-bond acceptors (Lipinski definition) is 3. The molecule has 1 aliphatic carbocycles. The Morgan fingerprint density at radius 3 is 2.76 bits per heavy atom. The third-order valence-electron chi connectivity index (χ3n) is 3.02. The summed E-state index contributed by atoms with van der Waals surface area (Å²) in [5.74, 6) is 0.533. The molecule has 1 aliphatic rings. The maximum atomic E-state index is 10.8. The zero-order valence-corrected chi connectivity index (χ0v) is 9.97. The first kappa shape index (κ1) is 11.8. The van der Waals surface area contributed by atoms with Gasteiger partial charge in [0.05, 0.1) is 19.6 Å². The van der Waals surface area contributed by atoms with Gasteiger partial charge in [0.1, 0.15) is 0 Å². The average molecular weight is 236 g/mol. The molecule has 1 aromatic rings. The molecule has 1 aromatic carbocycles. The zero-order valence-electron chi connectivity index (χ0n) is 9.97. The van der Waals surface area contributed by atoms with Gasteiger partial charge in [0, 0.05) is 0 Å². The van der Waals surface area contributed by atoms with Crippen LogP contribution < -0.4 is 9.47 Å². The van der Waals surface area contributed by atoms with Crippen LogP contribution in [0.25, 0.3) is 0 Å². The summed E-state index contributed by atoms with van der Waals surface area (Å²) in [6.07, 6.45) is 0.716. The van der Waals surface area contributed by atoms with E-state index in [9.17, 15) is 4.79 Å². The third kappa shape index (κ3) is 2.35. The van der Waals surface area contributed by atoms with Gasteiger partial charge in [-0.2, -0.15) is 0 Å². The lowest BCUT2D eigenvalue weighted by Crippen LogP contribution is -2.00. The Hall–Kier alpha value is -1.71. The smallest absolute Gasteiger partial charge is 0.307 e. The number of rotatable bonds is 5. The van der Waals surface area contributed by atoms with E-state index in [1.54, 1.807) is 7.11 Å². The summed E-state index contributed by atoms with van der Waals surface area (Å²) in [6.45, 7) is 2.47. The van der Waals surface area contributed by atoms with Crippen molar-refractivity contribution in [2.24, 2.45) is 5.92 Å². The van der Waals surface area contributed by atoms with Gasteiger partial charge in [-0.3, -0.25) is 4.79 Å². The van der Waals surface area contributed by atoms with Crippen LogP contribution in [0.5, 0.6) is 11.5 Å². The number of carboxylic acid groups (broad SMARTS) is 1. The van der Waals surface area contributed by atoms with Crippen LogP contribution in [-0.2, 0) is 4.79 Å². The van der Waals surface area contributed by atoms with Crippen LogP contribution in [0.2, 0.25) is 0 Å². The fourth-order valence-electron chi connectivity index (χ4n) is 2.03. The normalized spacial score (nSPS) is 22.0. The van der Waals surface area contributed by atoms with Crippen molar-refractivity contribution in [3.05, 3.63) is 23.8 Å². The van der Waals surface area contributed by atoms with E-state index in [-0.39, 0.29) is 11.8 Å². The minimum atomic E-state index is -0.719. The van der Waals surface area contributed by atoms with Gasteiger partial charge in [-0.05, 0) is 37.0 Å². The topological polar surface area (TPSA) is 55.8 Å². The predicted octanol–water partition coefficient (Wildman–Crippen LogP) is 2.28. The Bertz CT molecular complexity index is 427. The molecule has 1 saturated carbocycles. The second-order valence-electron chi connectivity index (χ2n) is 4.13.